The Morgan fingerprint density at radius 1 is 0.938 bits per heavy atom. The lowest BCUT2D eigenvalue weighted by Gasteiger charge is -2.04. The SMILES string of the molecule is c1ccc(OCCCc2ncccn2)cc1. The van der Waals surface area contributed by atoms with Gasteiger partial charge >= 0.3 is 0 Å². The van der Waals surface area contributed by atoms with Gasteiger partial charge in [-0.1, -0.05) is 18.2 Å². The molecule has 0 N–H and O–H groups in total. The molecule has 1 heterocycles. The number of nitrogens with zero attached hydrogens (tertiary/aromatic N) is 2. The van der Waals surface area contributed by atoms with Gasteiger partial charge in [0, 0.05) is 18.8 Å². The van der Waals surface area contributed by atoms with E-state index in [-0.39, 0.29) is 0 Å². The van der Waals surface area contributed by atoms with Crippen LogP contribution in [0.15, 0.2) is 48.8 Å². The second kappa shape index (κ2) is 5.85. The van der Waals surface area contributed by atoms with E-state index >= 15 is 0 Å². The van der Waals surface area contributed by atoms with E-state index < -0.39 is 0 Å². The van der Waals surface area contributed by atoms with E-state index in [0.29, 0.717) is 6.61 Å². The number of aromatic nitrogens is 2. The summed E-state index contributed by atoms with van der Waals surface area (Å²) in [6, 6.07) is 11.7. The van der Waals surface area contributed by atoms with Gasteiger partial charge in [-0.25, -0.2) is 9.97 Å². The Balaban J connectivity index is 1.70. The van der Waals surface area contributed by atoms with Crippen molar-refractivity contribution in [3.8, 4) is 5.75 Å². The lowest BCUT2D eigenvalue weighted by molar-refractivity contribution is 0.310. The molecule has 0 saturated heterocycles. The summed E-state index contributed by atoms with van der Waals surface area (Å²) in [5, 5.41) is 0. The minimum Gasteiger partial charge on any atom is -0.494 e. The molecule has 0 atom stereocenters. The Hall–Kier alpha value is -1.90. The fourth-order valence-corrected chi connectivity index (χ4v) is 1.40. The van der Waals surface area contributed by atoms with Crippen LogP contribution < -0.4 is 4.74 Å². The van der Waals surface area contributed by atoms with Gasteiger partial charge in [0.05, 0.1) is 6.61 Å². The molecule has 2 aromatic rings. The van der Waals surface area contributed by atoms with Crippen molar-refractivity contribution in [2.75, 3.05) is 6.61 Å². The summed E-state index contributed by atoms with van der Waals surface area (Å²) in [5.74, 6) is 1.79. The first-order chi connectivity index (χ1) is 7.95. The molecule has 0 aliphatic rings. The summed E-state index contributed by atoms with van der Waals surface area (Å²) in [4.78, 5) is 8.31. The average Bonchev–Trinajstić information content (AvgIpc) is 2.37. The molecule has 0 saturated carbocycles. The first-order valence-corrected chi connectivity index (χ1v) is 5.39. The summed E-state index contributed by atoms with van der Waals surface area (Å²) in [6.45, 7) is 0.697. The molecule has 0 radical (unpaired) electrons. The van der Waals surface area contributed by atoms with Crippen LogP contribution >= 0.6 is 0 Å². The molecule has 0 aliphatic heterocycles. The predicted octanol–water partition coefficient (Wildman–Crippen LogP) is 2.49. The maximum Gasteiger partial charge on any atom is 0.128 e. The standard InChI is InChI=1S/C13H14N2O/c1-2-6-12(7-3-1)16-11-4-8-13-14-9-5-10-15-13/h1-3,5-7,9-10H,4,8,11H2. The van der Waals surface area contributed by atoms with E-state index in [0.717, 1.165) is 24.4 Å². The number of aryl methyl sites for hydroxylation is 1. The minimum atomic E-state index is 0.697. The highest BCUT2D eigenvalue weighted by molar-refractivity contribution is 5.20. The fourth-order valence-electron chi connectivity index (χ4n) is 1.40. The van der Waals surface area contributed by atoms with Crippen LogP contribution in [0.5, 0.6) is 5.75 Å². The third kappa shape index (κ3) is 3.35. The maximum atomic E-state index is 5.57. The van der Waals surface area contributed by atoms with Crippen LogP contribution in [-0.2, 0) is 6.42 Å². The van der Waals surface area contributed by atoms with Gasteiger partial charge in [-0.15, -0.1) is 0 Å². The molecule has 1 aromatic heterocycles. The molecule has 3 heteroatoms. The van der Waals surface area contributed by atoms with Crippen LogP contribution in [0, 0.1) is 0 Å². The van der Waals surface area contributed by atoms with Crippen molar-refractivity contribution >= 4 is 0 Å². The van der Waals surface area contributed by atoms with E-state index in [4.69, 9.17) is 4.74 Å². The fraction of sp³-hybridized carbons (Fsp3) is 0.231. The highest BCUT2D eigenvalue weighted by Gasteiger charge is 1.95. The lowest BCUT2D eigenvalue weighted by atomic mass is 10.3. The van der Waals surface area contributed by atoms with Crippen molar-refractivity contribution in [2.24, 2.45) is 0 Å². The Kier molecular flexibility index (Phi) is 3.88. The van der Waals surface area contributed by atoms with Gasteiger partial charge in [0.15, 0.2) is 0 Å². The van der Waals surface area contributed by atoms with Crippen molar-refractivity contribution in [2.45, 2.75) is 12.8 Å². The largest absolute Gasteiger partial charge is 0.494 e. The van der Waals surface area contributed by atoms with Crippen molar-refractivity contribution in [3.63, 3.8) is 0 Å². The molecule has 16 heavy (non-hydrogen) atoms. The highest BCUT2D eigenvalue weighted by atomic mass is 16.5. The van der Waals surface area contributed by atoms with E-state index in [1.807, 2.05) is 36.4 Å². The molecular formula is C13H14N2O. The quantitative estimate of drug-likeness (QED) is 0.717. The third-order valence-corrected chi connectivity index (χ3v) is 2.18. The third-order valence-electron chi connectivity index (χ3n) is 2.18. The van der Waals surface area contributed by atoms with Crippen molar-refractivity contribution in [3.05, 3.63) is 54.6 Å². The molecule has 2 rings (SSSR count). The number of hydrogen-bond donors (Lipinski definition) is 0. The van der Waals surface area contributed by atoms with Crippen LogP contribution in [0.2, 0.25) is 0 Å². The summed E-state index contributed by atoms with van der Waals surface area (Å²) in [7, 11) is 0. The monoisotopic (exact) mass is 214 g/mol. The Labute approximate surface area is 95.1 Å². The van der Waals surface area contributed by atoms with Gasteiger partial charge in [0.25, 0.3) is 0 Å². The van der Waals surface area contributed by atoms with E-state index in [9.17, 15) is 0 Å². The average molecular weight is 214 g/mol. The smallest absolute Gasteiger partial charge is 0.128 e. The summed E-state index contributed by atoms with van der Waals surface area (Å²) in [5.41, 5.74) is 0. The Bertz CT molecular complexity index is 361. The van der Waals surface area contributed by atoms with Crippen molar-refractivity contribution in [1.82, 2.24) is 9.97 Å². The summed E-state index contributed by atoms with van der Waals surface area (Å²) >= 11 is 0. The Morgan fingerprint density at radius 3 is 2.44 bits per heavy atom. The number of ether oxygens (including phenoxy) is 1. The number of benzene rings is 1. The van der Waals surface area contributed by atoms with E-state index in [1.54, 1.807) is 12.4 Å². The lowest BCUT2D eigenvalue weighted by Crippen LogP contribution is -2.01. The molecule has 0 unspecified atom stereocenters. The molecule has 82 valence electrons. The van der Waals surface area contributed by atoms with Crippen LogP contribution in [-0.4, -0.2) is 16.6 Å². The predicted molar refractivity (Wildman–Crippen MR) is 62.3 cm³/mol. The van der Waals surface area contributed by atoms with Gasteiger partial charge in [-0.3, -0.25) is 0 Å². The maximum absolute atomic E-state index is 5.57. The van der Waals surface area contributed by atoms with Gasteiger partial charge in [0.1, 0.15) is 11.6 Å². The van der Waals surface area contributed by atoms with Crippen LogP contribution in [0.4, 0.5) is 0 Å². The molecule has 3 nitrogen and oxygen atoms in total. The summed E-state index contributed by atoms with van der Waals surface area (Å²) in [6.07, 6.45) is 5.31. The normalized spacial score (nSPS) is 10.0. The summed E-state index contributed by atoms with van der Waals surface area (Å²) < 4.78 is 5.57. The first-order valence-electron chi connectivity index (χ1n) is 5.39. The zero-order valence-corrected chi connectivity index (χ0v) is 9.04. The molecule has 0 spiro atoms. The molecule has 0 aliphatic carbocycles. The molecular weight excluding hydrogens is 200 g/mol. The second-order valence-electron chi connectivity index (χ2n) is 3.43. The van der Waals surface area contributed by atoms with Gasteiger partial charge < -0.3 is 4.74 Å². The van der Waals surface area contributed by atoms with E-state index in [2.05, 4.69) is 9.97 Å². The van der Waals surface area contributed by atoms with Gasteiger partial charge in [0.2, 0.25) is 0 Å². The first kappa shape index (κ1) is 10.6. The number of hydrogen-bond acceptors (Lipinski definition) is 3. The highest BCUT2D eigenvalue weighted by Crippen LogP contribution is 2.08. The molecule has 0 fully saturated rings. The molecule has 1 aromatic carbocycles. The minimum absolute atomic E-state index is 0.697. The van der Waals surface area contributed by atoms with Crippen LogP contribution in [0.25, 0.3) is 0 Å². The van der Waals surface area contributed by atoms with Gasteiger partial charge in [-0.05, 0) is 24.6 Å². The van der Waals surface area contributed by atoms with Crippen molar-refractivity contribution < 1.29 is 4.74 Å². The van der Waals surface area contributed by atoms with E-state index in [1.165, 1.54) is 0 Å². The number of rotatable bonds is 5. The van der Waals surface area contributed by atoms with Crippen molar-refractivity contribution in [1.29, 1.82) is 0 Å². The van der Waals surface area contributed by atoms with Crippen LogP contribution in [0.1, 0.15) is 12.2 Å². The second-order valence-corrected chi connectivity index (χ2v) is 3.43. The molecule has 0 amide bonds. The topological polar surface area (TPSA) is 35.0 Å². The van der Waals surface area contributed by atoms with Crippen LogP contribution in [0.3, 0.4) is 0 Å². The zero-order valence-electron chi connectivity index (χ0n) is 9.04. The number of para-hydroxylation sites is 1. The van der Waals surface area contributed by atoms with Gasteiger partial charge in [-0.2, -0.15) is 0 Å². The Morgan fingerprint density at radius 2 is 1.69 bits per heavy atom. The molecule has 0 bridgehead atoms. The zero-order chi connectivity index (χ0) is 11.1.